The van der Waals surface area contributed by atoms with Gasteiger partial charge in [0.1, 0.15) is 0 Å². The Bertz CT molecular complexity index is 1120. The molecule has 4 nitrogen and oxygen atoms in total. The molecule has 33 heavy (non-hydrogen) atoms. The molecule has 0 bridgehead atoms. The predicted octanol–water partition coefficient (Wildman–Crippen LogP) is 5.88. The summed E-state index contributed by atoms with van der Waals surface area (Å²) in [6.07, 6.45) is 8.80. The van der Waals surface area contributed by atoms with Gasteiger partial charge in [-0.3, -0.25) is 9.48 Å². The summed E-state index contributed by atoms with van der Waals surface area (Å²) in [5.41, 5.74) is 8.31. The molecule has 1 atom stereocenters. The van der Waals surface area contributed by atoms with Crippen molar-refractivity contribution >= 4 is 5.91 Å². The van der Waals surface area contributed by atoms with Gasteiger partial charge in [-0.05, 0) is 69.9 Å². The van der Waals surface area contributed by atoms with Crippen LogP contribution in [-0.2, 0) is 19.4 Å². The van der Waals surface area contributed by atoms with Crippen molar-refractivity contribution in [2.45, 2.75) is 83.7 Å². The molecule has 5 rings (SSSR count). The van der Waals surface area contributed by atoms with E-state index in [4.69, 9.17) is 5.10 Å². The first-order chi connectivity index (χ1) is 16.1. The molecule has 2 aliphatic carbocycles. The molecule has 0 radical (unpaired) electrons. The van der Waals surface area contributed by atoms with Gasteiger partial charge >= 0.3 is 0 Å². The maximum absolute atomic E-state index is 13.3. The molecule has 1 aromatic heterocycles. The van der Waals surface area contributed by atoms with Gasteiger partial charge in [-0.25, -0.2) is 0 Å². The van der Waals surface area contributed by atoms with Crippen LogP contribution in [0.15, 0.2) is 48.5 Å². The molecule has 1 saturated carbocycles. The van der Waals surface area contributed by atoms with Crippen LogP contribution in [0.3, 0.4) is 0 Å². The van der Waals surface area contributed by atoms with Crippen molar-refractivity contribution in [3.63, 3.8) is 0 Å². The average Bonchev–Trinajstić information content (AvgIpc) is 2.99. The highest BCUT2D eigenvalue weighted by Gasteiger charge is 2.31. The molecule has 172 valence electrons. The number of aromatic nitrogens is 2. The summed E-state index contributed by atoms with van der Waals surface area (Å²) in [6, 6.07) is 17.9. The van der Waals surface area contributed by atoms with Crippen LogP contribution in [0.2, 0.25) is 0 Å². The summed E-state index contributed by atoms with van der Waals surface area (Å²) in [5, 5.41) is 8.22. The van der Waals surface area contributed by atoms with Gasteiger partial charge in [-0.1, -0.05) is 66.1 Å². The van der Waals surface area contributed by atoms with Gasteiger partial charge in [0.15, 0.2) is 5.69 Å². The Balaban J connectivity index is 1.53. The lowest BCUT2D eigenvalue weighted by Gasteiger charge is -2.26. The Morgan fingerprint density at radius 3 is 2.52 bits per heavy atom. The zero-order chi connectivity index (χ0) is 22.8. The van der Waals surface area contributed by atoms with Crippen LogP contribution in [0.4, 0.5) is 0 Å². The highest BCUT2D eigenvalue weighted by molar-refractivity contribution is 5.94. The molecule has 1 N–H and O–H groups in total. The molecule has 0 aliphatic heterocycles. The number of fused-ring (bicyclic) bond motifs is 1. The van der Waals surface area contributed by atoms with Crippen LogP contribution in [-0.4, -0.2) is 21.7 Å². The lowest BCUT2D eigenvalue weighted by Crippen LogP contribution is -2.40. The molecule has 3 aromatic rings. The minimum absolute atomic E-state index is 0.0230. The number of nitrogens with one attached hydrogen (secondary N) is 1. The number of carbonyl (C=O) groups is 1. The van der Waals surface area contributed by atoms with Gasteiger partial charge in [0.25, 0.3) is 5.91 Å². The van der Waals surface area contributed by atoms with E-state index >= 15 is 0 Å². The number of rotatable bonds is 6. The third-order valence-electron chi connectivity index (χ3n) is 7.38. The SMILES string of the molecule is Cc1ccc(Cn2nc(C(=O)NC3CCC3)c3c2C(Cc2cccc(C)c2)CCCC3)cc1. The van der Waals surface area contributed by atoms with E-state index in [0.29, 0.717) is 24.2 Å². The molecule has 1 amide bonds. The van der Waals surface area contributed by atoms with E-state index in [0.717, 1.165) is 38.5 Å². The summed E-state index contributed by atoms with van der Waals surface area (Å²) in [4.78, 5) is 13.3. The Morgan fingerprint density at radius 2 is 1.79 bits per heavy atom. The van der Waals surface area contributed by atoms with Gasteiger partial charge in [0.2, 0.25) is 0 Å². The molecule has 0 spiro atoms. The summed E-state index contributed by atoms with van der Waals surface area (Å²) < 4.78 is 2.15. The molecule has 2 aliphatic rings. The van der Waals surface area contributed by atoms with Crippen LogP contribution < -0.4 is 5.32 Å². The molecule has 1 heterocycles. The predicted molar refractivity (Wildman–Crippen MR) is 133 cm³/mol. The van der Waals surface area contributed by atoms with E-state index in [1.165, 1.54) is 46.4 Å². The fourth-order valence-electron chi connectivity index (χ4n) is 5.34. The number of carbonyl (C=O) groups excluding carboxylic acids is 1. The van der Waals surface area contributed by atoms with E-state index in [1.807, 2.05) is 0 Å². The topological polar surface area (TPSA) is 46.9 Å². The molecule has 2 aromatic carbocycles. The van der Waals surface area contributed by atoms with Crippen LogP contribution in [0.1, 0.15) is 88.4 Å². The Morgan fingerprint density at radius 1 is 0.970 bits per heavy atom. The second-order valence-electron chi connectivity index (χ2n) is 10.1. The number of benzene rings is 2. The number of hydrogen-bond acceptors (Lipinski definition) is 2. The smallest absolute Gasteiger partial charge is 0.272 e. The van der Waals surface area contributed by atoms with E-state index in [9.17, 15) is 4.79 Å². The number of amides is 1. The maximum Gasteiger partial charge on any atom is 0.272 e. The highest BCUT2D eigenvalue weighted by atomic mass is 16.2. The normalized spacial score (nSPS) is 18.3. The Kier molecular flexibility index (Phi) is 6.34. The monoisotopic (exact) mass is 441 g/mol. The fourth-order valence-corrected chi connectivity index (χ4v) is 5.34. The average molecular weight is 442 g/mol. The largest absolute Gasteiger partial charge is 0.348 e. The van der Waals surface area contributed by atoms with Gasteiger partial charge in [-0.15, -0.1) is 0 Å². The second kappa shape index (κ2) is 9.54. The first-order valence-corrected chi connectivity index (χ1v) is 12.6. The zero-order valence-electron chi connectivity index (χ0n) is 19.9. The van der Waals surface area contributed by atoms with Crippen molar-refractivity contribution < 1.29 is 4.79 Å². The van der Waals surface area contributed by atoms with Crippen LogP contribution in [0, 0.1) is 13.8 Å². The van der Waals surface area contributed by atoms with Crippen LogP contribution in [0.5, 0.6) is 0 Å². The highest BCUT2D eigenvalue weighted by Crippen LogP contribution is 2.36. The van der Waals surface area contributed by atoms with Crippen molar-refractivity contribution in [1.82, 2.24) is 15.1 Å². The van der Waals surface area contributed by atoms with E-state index in [1.54, 1.807) is 0 Å². The third-order valence-corrected chi connectivity index (χ3v) is 7.38. The molecular weight excluding hydrogens is 406 g/mol. The van der Waals surface area contributed by atoms with Gasteiger partial charge < -0.3 is 5.32 Å². The summed E-state index contributed by atoms with van der Waals surface area (Å²) in [7, 11) is 0. The van der Waals surface area contributed by atoms with Crippen molar-refractivity contribution in [2.75, 3.05) is 0 Å². The molecular formula is C29H35N3O. The van der Waals surface area contributed by atoms with Crippen molar-refractivity contribution in [1.29, 1.82) is 0 Å². The van der Waals surface area contributed by atoms with Gasteiger partial charge in [0, 0.05) is 23.2 Å². The lowest BCUT2D eigenvalue weighted by molar-refractivity contribution is 0.0910. The number of nitrogens with zero attached hydrogens (tertiary/aromatic N) is 2. The maximum atomic E-state index is 13.3. The Hall–Kier alpha value is -2.88. The zero-order valence-corrected chi connectivity index (χ0v) is 19.9. The standard InChI is InChI=1S/C29H35N3O/c1-20-13-15-22(16-14-20)19-32-28-24(18-23-8-5-7-21(2)17-23)9-3-4-12-26(28)27(31-32)29(33)30-25-10-6-11-25/h5,7-8,13-17,24-25H,3-4,6,9-12,18-19H2,1-2H3,(H,30,33). The van der Waals surface area contributed by atoms with Crippen LogP contribution >= 0.6 is 0 Å². The van der Waals surface area contributed by atoms with Crippen molar-refractivity contribution in [2.24, 2.45) is 0 Å². The quantitative estimate of drug-likeness (QED) is 0.485. The van der Waals surface area contributed by atoms with Crippen molar-refractivity contribution in [3.05, 3.63) is 87.7 Å². The molecule has 4 heteroatoms. The molecule has 1 unspecified atom stereocenters. The van der Waals surface area contributed by atoms with E-state index in [2.05, 4.69) is 72.4 Å². The third kappa shape index (κ3) is 4.90. The van der Waals surface area contributed by atoms with Gasteiger partial charge in [-0.2, -0.15) is 5.10 Å². The molecule has 0 saturated heterocycles. The van der Waals surface area contributed by atoms with Crippen LogP contribution in [0.25, 0.3) is 0 Å². The Labute approximate surface area is 197 Å². The minimum atomic E-state index is 0.0230. The number of hydrogen-bond donors (Lipinski definition) is 1. The summed E-state index contributed by atoms with van der Waals surface area (Å²) in [5.74, 6) is 0.405. The van der Waals surface area contributed by atoms with Crippen molar-refractivity contribution in [3.8, 4) is 0 Å². The van der Waals surface area contributed by atoms with Gasteiger partial charge in [0.05, 0.1) is 6.54 Å². The summed E-state index contributed by atoms with van der Waals surface area (Å²) >= 11 is 0. The number of aryl methyl sites for hydroxylation is 2. The fraction of sp³-hybridized carbons (Fsp3) is 0.448. The molecule has 1 fully saturated rings. The minimum Gasteiger partial charge on any atom is -0.348 e. The lowest BCUT2D eigenvalue weighted by atomic mass is 9.90. The summed E-state index contributed by atoms with van der Waals surface area (Å²) in [6.45, 7) is 4.99. The second-order valence-corrected chi connectivity index (χ2v) is 10.1. The van der Waals surface area contributed by atoms with E-state index in [-0.39, 0.29) is 5.91 Å². The first kappa shape index (κ1) is 21.9. The van der Waals surface area contributed by atoms with E-state index < -0.39 is 0 Å². The first-order valence-electron chi connectivity index (χ1n) is 12.6.